The van der Waals surface area contributed by atoms with Crippen LogP contribution in [0.2, 0.25) is 11.5 Å². The first-order chi connectivity index (χ1) is 13.0. The number of thiazole rings is 2. The van der Waals surface area contributed by atoms with E-state index in [1.807, 2.05) is 47.2 Å². The van der Waals surface area contributed by atoms with Crippen LogP contribution in [0.5, 0.6) is 11.5 Å². The van der Waals surface area contributed by atoms with E-state index in [0.717, 1.165) is 30.2 Å². The fraction of sp³-hybridized carbons (Fsp3) is 0.100. The molecule has 0 radical (unpaired) electrons. The van der Waals surface area contributed by atoms with E-state index in [4.69, 9.17) is 9.97 Å². The third-order valence-electron chi connectivity index (χ3n) is 4.44. The minimum absolute atomic E-state index is 0.246. The third kappa shape index (κ3) is 3.40. The molecule has 0 fully saturated rings. The molecule has 2 aromatic heterocycles. The molecule has 0 saturated carbocycles. The van der Waals surface area contributed by atoms with E-state index in [1.54, 1.807) is 34.8 Å². The van der Waals surface area contributed by atoms with Gasteiger partial charge in [-0.1, -0.05) is 0 Å². The van der Waals surface area contributed by atoms with E-state index in [0.29, 0.717) is 0 Å². The van der Waals surface area contributed by atoms with Crippen LogP contribution < -0.4 is 7.68 Å². The Bertz CT molecular complexity index is 1020. The van der Waals surface area contributed by atoms with Gasteiger partial charge in [-0.05, 0) is 0 Å². The fourth-order valence-corrected chi connectivity index (χ4v) is 12.4. The van der Waals surface area contributed by atoms with Gasteiger partial charge in [0.05, 0.1) is 0 Å². The molecule has 0 aliphatic heterocycles. The van der Waals surface area contributed by atoms with Crippen LogP contribution in [0, 0.1) is 0 Å². The summed E-state index contributed by atoms with van der Waals surface area (Å²) < 4.78 is 2.23. The van der Waals surface area contributed by atoms with Gasteiger partial charge in [-0.2, -0.15) is 0 Å². The molecule has 0 aliphatic carbocycles. The summed E-state index contributed by atoms with van der Waals surface area (Å²) in [6, 6.07) is 14.6. The molecule has 0 spiro atoms. The molecule has 136 valence electrons. The van der Waals surface area contributed by atoms with Gasteiger partial charge in [0.15, 0.2) is 0 Å². The van der Waals surface area contributed by atoms with E-state index in [2.05, 4.69) is 11.5 Å². The number of hydrogen-bond donors (Lipinski definition) is 2. The van der Waals surface area contributed by atoms with Crippen molar-refractivity contribution < 1.29 is 10.2 Å². The summed E-state index contributed by atoms with van der Waals surface area (Å²) in [5.74, 6) is 5.05. The van der Waals surface area contributed by atoms with Crippen LogP contribution in [0.3, 0.4) is 0 Å². The molecule has 4 aromatic rings. The second-order valence-electron chi connectivity index (χ2n) is 6.74. The molecule has 0 bridgehead atoms. The van der Waals surface area contributed by atoms with Gasteiger partial charge in [0, 0.05) is 0 Å². The van der Waals surface area contributed by atoms with Crippen LogP contribution in [0.4, 0.5) is 0 Å². The molecule has 0 atom stereocenters. The number of aromatic nitrogens is 2. The molecule has 0 amide bonds. The zero-order chi connectivity index (χ0) is 19.0. The summed E-state index contributed by atoms with van der Waals surface area (Å²) in [6.07, 6.45) is 0. The third-order valence-corrected chi connectivity index (χ3v) is 17.5. The number of para-hydroxylation sites is 2. The molecular weight excluding hydrogens is 437 g/mol. The maximum atomic E-state index is 10.1. The van der Waals surface area contributed by atoms with Crippen molar-refractivity contribution in [3.63, 3.8) is 0 Å². The van der Waals surface area contributed by atoms with Gasteiger partial charge in [-0.3, -0.25) is 0 Å². The van der Waals surface area contributed by atoms with Crippen LogP contribution in [0.15, 0.2) is 59.3 Å². The number of hydrogen-bond acceptors (Lipinski definition) is 6. The van der Waals surface area contributed by atoms with Crippen molar-refractivity contribution in [2.24, 2.45) is 0 Å². The maximum absolute atomic E-state index is 10.1. The SMILES string of the molecule is [CH3][Ge]([CH3])([c]1nc(-c2ccccc2O)cs1)[c]1nc(-c2ccccc2O)cs1. The molecule has 27 heavy (non-hydrogen) atoms. The molecular formula is C20H18GeN2O2S2. The zero-order valence-corrected chi connectivity index (χ0v) is 18.6. The Labute approximate surface area is 168 Å². The summed E-state index contributed by atoms with van der Waals surface area (Å²) in [7, 11) is 0. The first kappa shape index (κ1) is 18.2. The predicted molar refractivity (Wildman–Crippen MR) is 115 cm³/mol. The Balaban J connectivity index is 1.69. The Kier molecular flexibility index (Phi) is 4.79. The molecule has 2 heterocycles. The quantitative estimate of drug-likeness (QED) is 0.454. The summed E-state index contributed by atoms with van der Waals surface area (Å²) in [5.41, 5.74) is 3.13. The molecule has 0 unspecified atom stereocenters. The summed E-state index contributed by atoms with van der Waals surface area (Å²) >= 11 is 0.629. The molecule has 0 saturated heterocycles. The van der Waals surface area contributed by atoms with Gasteiger partial charge in [0.2, 0.25) is 0 Å². The normalized spacial score (nSPS) is 11.6. The summed E-state index contributed by atoms with van der Waals surface area (Å²) in [5, 5.41) is 24.2. The van der Waals surface area contributed by atoms with E-state index < -0.39 is 13.3 Å². The second-order valence-corrected chi connectivity index (χ2v) is 18.8. The van der Waals surface area contributed by atoms with E-state index >= 15 is 0 Å². The van der Waals surface area contributed by atoms with Crippen LogP contribution >= 0.6 is 22.7 Å². The zero-order valence-electron chi connectivity index (χ0n) is 14.9. The first-order valence-corrected chi connectivity index (χ1v) is 16.5. The average molecular weight is 455 g/mol. The van der Waals surface area contributed by atoms with Gasteiger partial charge in [-0.15, -0.1) is 0 Å². The van der Waals surface area contributed by atoms with Gasteiger partial charge in [0.1, 0.15) is 0 Å². The Hall–Kier alpha value is -2.16. The van der Waals surface area contributed by atoms with Crippen molar-refractivity contribution in [2.45, 2.75) is 11.5 Å². The summed E-state index contributed by atoms with van der Waals surface area (Å²) in [4.78, 5) is 9.70. The molecule has 2 N–H and O–H groups in total. The Morgan fingerprint density at radius 2 is 1.11 bits per heavy atom. The molecule has 7 heteroatoms. The van der Waals surface area contributed by atoms with Crippen molar-refractivity contribution in [2.75, 3.05) is 0 Å². The Morgan fingerprint density at radius 1 is 0.704 bits per heavy atom. The molecule has 4 nitrogen and oxygen atoms in total. The number of nitrogens with zero attached hydrogens (tertiary/aromatic N) is 2. The second kappa shape index (κ2) is 7.11. The molecule has 0 aliphatic rings. The van der Waals surface area contributed by atoms with Crippen molar-refractivity contribution in [1.29, 1.82) is 0 Å². The van der Waals surface area contributed by atoms with Crippen LogP contribution in [0.1, 0.15) is 0 Å². The van der Waals surface area contributed by atoms with Gasteiger partial charge >= 0.3 is 169 Å². The molecule has 2 aromatic carbocycles. The number of rotatable bonds is 4. The number of phenols is 2. The first-order valence-electron chi connectivity index (χ1n) is 8.45. The van der Waals surface area contributed by atoms with Crippen molar-refractivity contribution >= 4 is 43.6 Å². The van der Waals surface area contributed by atoms with E-state index in [1.165, 1.54) is 0 Å². The van der Waals surface area contributed by atoms with Crippen LogP contribution in [0.25, 0.3) is 22.5 Å². The van der Waals surface area contributed by atoms with Gasteiger partial charge < -0.3 is 0 Å². The van der Waals surface area contributed by atoms with E-state index in [-0.39, 0.29) is 11.5 Å². The summed E-state index contributed by atoms with van der Waals surface area (Å²) in [6.45, 7) is 0. The predicted octanol–water partition coefficient (Wildman–Crippen LogP) is 4.17. The number of aromatic hydroxyl groups is 2. The topological polar surface area (TPSA) is 66.2 Å². The number of phenolic OH excluding ortho intramolecular Hbond substituents is 2. The Morgan fingerprint density at radius 3 is 1.52 bits per heavy atom. The average Bonchev–Trinajstić information content (AvgIpc) is 3.33. The van der Waals surface area contributed by atoms with Crippen LogP contribution in [-0.4, -0.2) is 33.4 Å². The monoisotopic (exact) mass is 456 g/mol. The van der Waals surface area contributed by atoms with Crippen molar-refractivity contribution in [3.05, 3.63) is 59.3 Å². The van der Waals surface area contributed by atoms with Gasteiger partial charge in [0.25, 0.3) is 0 Å². The van der Waals surface area contributed by atoms with E-state index in [9.17, 15) is 10.2 Å². The molecule has 4 rings (SSSR count). The van der Waals surface area contributed by atoms with Crippen molar-refractivity contribution in [3.8, 4) is 34.0 Å². The van der Waals surface area contributed by atoms with Gasteiger partial charge in [-0.25, -0.2) is 0 Å². The minimum atomic E-state index is -2.65. The standard InChI is InChI=1S/C20H18GeN2O2S2/c1-21(2,19-22-15(11-26-19)13-7-3-5-9-17(13)24)20-23-16(12-27-20)14-8-4-6-10-18(14)25/h3-12,24-25H,1-2H3. The fourth-order valence-electron chi connectivity index (χ4n) is 2.84. The van der Waals surface area contributed by atoms with Crippen molar-refractivity contribution in [1.82, 2.24) is 9.97 Å². The van der Waals surface area contributed by atoms with Crippen LogP contribution in [-0.2, 0) is 0 Å². The number of benzene rings is 2.